The van der Waals surface area contributed by atoms with Crippen molar-refractivity contribution in [1.82, 2.24) is 0 Å². The predicted octanol–water partition coefficient (Wildman–Crippen LogP) is 4.37. The Morgan fingerprint density at radius 3 is 1.84 bits per heavy atom. The van der Waals surface area contributed by atoms with Crippen LogP contribution >= 0.6 is 0 Å². The number of hydrogen-bond acceptors (Lipinski definition) is 3. The topological polar surface area (TPSA) is 63.6 Å². The van der Waals surface area contributed by atoms with Gasteiger partial charge in [0.05, 0.1) is 12.3 Å². The number of ether oxygens (including phenoxy) is 1. The summed E-state index contributed by atoms with van der Waals surface area (Å²) in [5, 5.41) is 9.40. The lowest BCUT2D eigenvalue weighted by Gasteiger charge is -2.29. The van der Waals surface area contributed by atoms with E-state index >= 15 is 0 Å². The molecule has 25 heavy (non-hydrogen) atoms. The molecule has 0 aliphatic carbocycles. The number of carboxylic acid groups (broad SMARTS) is 1. The number of benzene rings is 2. The number of rotatable bonds is 6. The van der Waals surface area contributed by atoms with Gasteiger partial charge in [-0.25, -0.2) is 0 Å². The molecule has 4 heteroatoms. The summed E-state index contributed by atoms with van der Waals surface area (Å²) >= 11 is 0. The normalized spacial score (nSPS) is 13.7. The van der Waals surface area contributed by atoms with Crippen molar-refractivity contribution in [2.24, 2.45) is 0 Å². The van der Waals surface area contributed by atoms with Crippen molar-refractivity contribution in [3.05, 3.63) is 71.8 Å². The minimum atomic E-state index is -0.946. The first kappa shape index (κ1) is 18.7. The monoisotopic (exact) mass is 340 g/mol. The van der Waals surface area contributed by atoms with E-state index < -0.39 is 29.4 Å². The minimum absolute atomic E-state index is 0.150. The molecule has 0 unspecified atom stereocenters. The van der Waals surface area contributed by atoms with Gasteiger partial charge in [0, 0.05) is 5.92 Å². The van der Waals surface area contributed by atoms with Gasteiger partial charge in [-0.1, -0.05) is 60.7 Å². The lowest BCUT2D eigenvalue weighted by atomic mass is 9.79. The Bertz CT molecular complexity index is 702. The van der Waals surface area contributed by atoms with E-state index in [9.17, 15) is 14.7 Å². The molecular weight excluding hydrogens is 316 g/mol. The first-order valence-electron chi connectivity index (χ1n) is 8.32. The van der Waals surface area contributed by atoms with Gasteiger partial charge in [0.15, 0.2) is 0 Å². The van der Waals surface area contributed by atoms with Crippen molar-refractivity contribution >= 4 is 11.9 Å². The van der Waals surface area contributed by atoms with Crippen molar-refractivity contribution in [3.63, 3.8) is 0 Å². The van der Waals surface area contributed by atoms with Gasteiger partial charge in [-0.2, -0.15) is 0 Å². The highest BCUT2D eigenvalue weighted by molar-refractivity contribution is 5.81. The van der Waals surface area contributed by atoms with Gasteiger partial charge in [-0.15, -0.1) is 0 Å². The smallest absolute Gasteiger partial charge is 0.314 e. The van der Waals surface area contributed by atoms with Crippen molar-refractivity contribution < 1.29 is 19.4 Å². The summed E-state index contributed by atoms with van der Waals surface area (Å²) in [5.41, 5.74) is 0.922. The van der Waals surface area contributed by atoms with Gasteiger partial charge in [0.2, 0.25) is 0 Å². The number of aliphatic carboxylic acids is 1. The van der Waals surface area contributed by atoms with Crippen molar-refractivity contribution in [1.29, 1.82) is 0 Å². The number of hydrogen-bond donors (Lipinski definition) is 1. The van der Waals surface area contributed by atoms with E-state index in [-0.39, 0.29) is 6.42 Å². The Balaban J connectivity index is 2.50. The summed E-state index contributed by atoms with van der Waals surface area (Å²) < 4.78 is 5.61. The van der Waals surface area contributed by atoms with Gasteiger partial charge >= 0.3 is 11.9 Å². The number of carbonyl (C=O) groups is 2. The van der Waals surface area contributed by atoms with Gasteiger partial charge in [0.1, 0.15) is 5.60 Å². The van der Waals surface area contributed by atoms with Crippen molar-refractivity contribution in [2.45, 2.75) is 44.6 Å². The van der Waals surface area contributed by atoms with E-state index in [0.717, 1.165) is 11.1 Å². The maximum atomic E-state index is 12.9. The molecule has 2 rings (SSSR count). The van der Waals surface area contributed by atoms with Crippen LogP contribution in [0.1, 0.15) is 50.2 Å². The summed E-state index contributed by atoms with van der Waals surface area (Å²) in [6.07, 6.45) is -0.150. The molecule has 0 aliphatic rings. The summed E-state index contributed by atoms with van der Waals surface area (Å²) in [6, 6.07) is 18.5. The maximum Gasteiger partial charge on any atom is 0.314 e. The molecule has 0 radical (unpaired) electrons. The molecule has 132 valence electrons. The number of esters is 1. The Morgan fingerprint density at radius 1 is 0.920 bits per heavy atom. The molecule has 0 amide bonds. The molecule has 0 fully saturated rings. The van der Waals surface area contributed by atoms with Gasteiger partial charge < -0.3 is 9.84 Å². The number of carbonyl (C=O) groups excluding carboxylic acids is 1. The van der Waals surface area contributed by atoms with Crippen molar-refractivity contribution in [2.75, 3.05) is 0 Å². The third-order valence-electron chi connectivity index (χ3n) is 3.84. The molecule has 0 aromatic heterocycles. The van der Waals surface area contributed by atoms with Crippen molar-refractivity contribution in [3.8, 4) is 0 Å². The van der Waals surface area contributed by atoms with Crippen LogP contribution in [0.15, 0.2) is 60.7 Å². The third-order valence-corrected chi connectivity index (χ3v) is 3.84. The predicted molar refractivity (Wildman–Crippen MR) is 96.5 cm³/mol. The largest absolute Gasteiger partial charge is 0.481 e. The lowest BCUT2D eigenvalue weighted by Crippen LogP contribution is -2.31. The minimum Gasteiger partial charge on any atom is -0.481 e. The van der Waals surface area contributed by atoms with Crippen LogP contribution in [0.4, 0.5) is 0 Å². The molecule has 0 saturated carbocycles. The molecule has 4 nitrogen and oxygen atoms in total. The molecule has 1 N–H and O–H groups in total. The first-order valence-corrected chi connectivity index (χ1v) is 8.32. The van der Waals surface area contributed by atoms with Crippen LogP contribution in [0.25, 0.3) is 0 Å². The van der Waals surface area contributed by atoms with Crippen LogP contribution in [0.3, 0.4) is 0 Å². The average Bonchev–Trinajstić information content (AvgIpc) is 2.54. The molecule has 0 bridgehead atoms. The fraction of sp³-hybridized carbons (Fsp3) is 0.333. The highest BCUT2D eigenvalue weighted by atomic mass is 16.6. The van der Waals surface area contributed by atoms with Crippen LogP contribution in [-0.2, 0) is 14.3 Å². The van der Waals surface area contributed by atoms with Crippen LogP contribution < -0.4 is 0 Å². The molecule has 2 aromatic rings. The maximum absolute atomic E-state index is 12.9. The Labute approximate surface area is 148 Å². The summed E-state index contributed by atoms with van der Waals surface area (Å²) in [5.74, 6) is -2.54. The van der Waals surface area contributed by atoms with E-state index in [0.29, 0.717) is 0 Å². The second kappa shape index (κ2) is 7.97. The van der Waals surface area contributed by atoms with Gasteiger partial charge in [0.25, 0.3) is 0 Å². The average molecular weight is 340 g/mol. The zero-order valence-corrected chi connectivity index (χ0v) is 14.8. The van der Waals surface area contributed by atoms with Gasteiger partial charge in [-0.05, 0) is 31.9 Å². The zero-order chi connectivity index (χ0) is 18.4. The summed E-state index contributed by atoms with van der Waals surface area (Å²) in [6.45, 7) is 5.42. The Kier molecular flexibility index (Phi) is 5.97. The highest BCUT2D eigenvalue weighted by Gasteiger charge is 2.35. The van der Waals surface area contributed by atoms with E-state index in [1.165, 1.54) is 0 Å². The van der Waals surface area contributed by atoms with Gasteiger partial charge in [-0.3, -0.25) is 9.59 Å². The standard InChI is InChI=1S/C21H24O4/c1-21(2,3)25-20(24)19(16-12-8-5-9-13-16)17(14-18(22)23)15-10-6-4-7-11-15/h4-13,17,19H,14H2,1-3H3,(H,22,23)/t17-,19+/m1/s1. The Morgan fingerprint density at radius 2 is 1.40 bits per heavy atom. The van der Waals surface area contributed by atoms with Crippen LogP contribution in [-0.4, -0.2) is 22.6 Å². The van der Waals surface area contributed by atoms with Crippen LogP contribution in [0.5, 0.6) is 0 Å². The fourth-order valence-electron chi connectivity index (χ4n) is 2.87. The molecule has 2 atom stereocenters. The lowest BCUT2D eigenvalue weighted by molar-refractivity contribution is -0.157. The Hall–Kier alpha value is -2.62. The molecule has 0 saturated heterocycles. The van der Waals surface area contributed by atoms with Crippen LogP contribution in [0.2, 0.25) is 0 Å². The second-order valence-corrected chi connectivity index (χ2v) is 7.04. The third kappa shape index (κ3) is 5.45. The van der Waals surface area contributed by atoms with E-state index in [1.807, 2.05) is 81.4 Å². The molecule has 0 spiro atoms. The first-order chi connectivity index (χ1) is 11.8. The van der Waals surface area contributed by atoms with Crippen LogP contribution in [0, 0.1) is 0 Å². The quantitative estimate of drug-likeness (QED) is 0.793. The summed E-state index contributed by atoms with van der Waals surface area (Å²) in [7, 11) is 0. The fourth-order valence-corrected chi connectivity index (χ4v) is 2.87. The molecule has 0 heterocycles. The summed E-state index contributed by atoms with van der Waals surface area (Å²) in [4.78, 5) is 24.4. The number of carboxylic acids is 1. The van der Waals surface area contributed by atoms with E-state index in [1.54, 1.807) is 0 Å². The highest BCUT2D eigenvalue weighted by Crippen LogP contribution is 2.37. The SMILES string of the molecule is CC(C)(C)OC(=O)[C@@H](c1ccccc1)[C@H](CC(=O)O)c1ccccc1. The van der Waals surface area contributed by atoms with E-state index in [2.05, 4.69) is 0 Å². The molecule has 0 aliphatic heterocycles. The molecular formula is C21H24O4. The van der Waals surface area contributed by atoms with E-state index in [4.69, 9.17) is 4.74 Å². The second-order valence-electron chi connectivity index (χ2n) is 7.04. The zero-order valence-electron chi connectivity index (χ0n) is 14.8. The molecule has 2 aromatic carbocycles.